The van der Waals surface area contributed by atoms with Gasteiger partial charge >= 0.3 is 6.03 Å². The molecule has 142 valence electrons. The lowest BCUT2D eigenvalue weighted by Gasteiger charge is -2.22. The van der Waals surface area contributed by atoms with Crippen molar-refractivity contribution in [2.75, 3.05) is 46.4 Å². The Kier molecular flexibility index (Phi) is 7.19. The minimum absolute atomic E-state index is 0.0449. The molecule has 1 heterocycles. The summed E-state index contributed by atoms with van der Waals surface area (Å²) in [7, 11) is 1.86. The van der Waals surface area contributed by atoms with Gasteiger partial charge in [0.15, 0.2) is 5.96 Å². The second kappa shape index (κ2) is 9.59. The van der Waals surface area contributed by atoms with Crippen LogP contribution < -0.4 is 15.4 Å². The summed E-state index contributed by atoms with van der Waals surface area (Å²) < 4.78 is 18.4. The van der Waals surface area contributed by atoms with E-state index >= 15 is 0 Å². The van der Waals surface area contributed by atoms with Crippen LogP contribution >= 0.6 is 0 Å². The van der Waals surface area contributed by atoms with Gasteiger partial charge in [-0.15, -0.1) is 0 Å². The van der Waals surface area contributed by atoms with Gasteiger partial charge in [0.1, 0.15) is 18.2 Å². The number of benzene rings is 1. The Morgan fingerprint density at radius 2 is 2.12 bits per heavy atom. The van der Waals surface area contributed by atoms with Gasteiger partial charge in [-0.1, -0.05) is 0 Å². The van der Waals surface area contributed by atoms with Gasteiger partial charge in [0.05, 0.1) is 26.2 Å². The molecule has 0 atom stereocenters. The van der Waals surface area contributed by atoms with Crippen LogP contribution in [0.25, 0.3) is 0 Å². The molecule has 3 amide bonds. The van der Waals surface area contributed by atoms with E-state index in [9.17, 15) is 14.0 Å². The second-order valence-electron chi connectivity index (χ2n) is 5.66. The quantitative estimate of drug-likeness (QED) is 0.401. The first-order valence-electron chi connectivity index (χ1n) is 8.47. The Labute approximate surface area is 152 Å². The minimum Gasteiger partial charge on any atom is -0.492 e. The van der Waals surface area contributed by atoms with Crippen molar-refractivity contribution in [1.29, 1.82) is 0 Å². The normalized spacial score (nSPS) is 14.4. The van der Waals surface area contributed by atoms with Crippen molar-refractivity contribution in [2.45, 2.75) is 6.92 Å². The van der Waals surface area contributed by atoms with E-state index in [2.05, 4.69) is 15.6 Å². The van der Waals surface area contributed by atoms with Gasteiger partial charge in [0.25, 0.3) is 0 Å². The highest BCUT2D eigenvalue weighted by molar-refractivity contribution is 6.01. The molecule has 1 aromatic rings. The van der Waals surface area contributed by atoms with E-state index in [1.807, 2.05) is 18.9 Å². The number of rotatable bonds is 8. The van der Waals surface area contributed by atoms with Crippen LogP contribution in [0.1, 0.15) is 6.92 Å². The maximum absolute atomic E-state index is 12.9. The number of nitrogens with zero attached hydrogens (tertiary/aromatic N) is 3. The SMILES string of the molecule is CCNC(=NCCN1C(=O)CNC1=O)N(C)CCOc1ccc(F)cc1. The molecule has 1 aromatic carbocycles. The van der Waals surface area contributed by atoms with Gasteiger partial charge in [-0.2, -0.15) is 0 Å². The summed E-state index contributed by atoms with van der Waals surface area (Å²) in [5, 5.41) is 5.63. The summed E-state index contributed by atoms with van der Waals surface area (Å²) >= 11 is 0. The molecule has 8 nitrogen and oxygen atoms in total. The lowest BCUT2D eigenvalue weighted by molar-refractivity contribution is -0.124. The first-order chi connectivity index (χ1) is 12.5. The first kappa shape index (κ1) is 19.5. The number of nitrogens with one attached hydrogen (secondary N) is 2. The molecular formula is C17H24FN5O3. The third kappa shape index (κ3) is 5.61. The summed E-state index contributed by atoms with van der Waals surface area (Å²) in [6.07, 6.45) is 0. The summed E-state index contributed by atoms with van der Waals surface area (Å²) in [5.74, 6) is 0.708. The molecule has 1 aliphatic heterocycles. The zero-order valence-corrected chi connectivity index (χ0v) is 15.0. The number of imide groups is 1. The fourth-order valence-corrected chi connectivity index (χ4v) is 2.34. The van der Waals surface area contributed by atoms with Crippen molar-refractivity contribution in [1.82, 2.24) is 20.4 Å². The predicted molar refractivity (Wildman–Crippen MR) is 95.6 cm³/mol. The highest BCUT2D eigenvalue weighted by Gasteiger charge is 2.27. The summed E-state index contributed by atoms with van der Waals surface area (Å²) in [6.45, 7) is 4.19. The van der Waals surface area contributed by atoms with Gasteiger partial charge in [0.2, 0.25) is 5.91 Å². The molecule has 0 aliphatic carbocycles. The zero-order chi connectivity index (χ0) is 18.9. The first-order valence-corrected chi connectivity index (χ1v) is 8.47. The van der Waals surface area contributed by atoms with Crippen molar-refractivity contribution in [2.24, 2.45) is 4.99 Å². The molecule has 1 fully saturated rings. The molecule has 0 radical (unpaired) electrons. The van der Waals surface area contributed by atoms with E-state index < -0.39 is 0 Å². The van der Waals surface area contributed by atoms with E-state index in [0.29, 0.717) is 38.0 Å². The molecule has 26 heavy (non-hydrogen) atoms. The molecule has 1 saturated heterocycles. The van der Waals surface area contributed by atoms with Crippen LogP contribution in [0.2, 0.25) is 0 Å². The molecule has 1 aliphatic rings. The van der Waals surface area contributed by atoms with Crippen molar-refractivity contribution in [3.05, 3.63) is 30.1 Å². The number of hydrogen-bond acceptors (Lipinski definition) is 4. The average molecular weight is 365 g/mol. The van der Waals surface area contributed by atoms with Crippen molar-refractivity contribution >= 4 is 17.9 Å². The lowest BCUT2D eigenvalue weighted by Crippen LogP contribution is -2.41. The number of halogens is 1. The number of carbonyl (C=O) groups excluding carboxylic acids is 2. The van der Waals surface area contributed by atoms with Crippen molar-refractivity contribution in [3.63, 3.8) is 0 Å². The largest absolute Gasteiger partial charge is 0.492 e. The molecule has 2 rings (SSSR count). The van der Waals surface area contributed by atoms with Crippen molar-refractivity contribution < 1.29 is 18.7 Å². The van der Waals surface area contributed by atoms with Gasteiger partial charge in [-0.3, -0.25) is 14.7 Å². The fourth-order valence-electron chi connectivity index (χ4n) is 2.34. The summed E-state index contributed by atoms with van der Waals surface area (Å²) in [5.41, 5.74) is 0. The van der Waals surface area contributed by atoms with Crippen LogP contribution in [-0.2, 0) is 4.79 Å². The van der Waals surface area contributed by atoms with Crippen LogP contribution in [0.3, 0.4) is 0 Å². The highest BCUT2D eigenvalue weighted by Crippen LogP contribution is 2.10. The van der Waals surface area contributed by atoms with Crippen LogP contribution in [-0.4, -0.2) is 74.1 Å². The number of guanidine groups is 1. The molecule has 0 unspecified atom stereocenters. The topological polar surface area (TPSA) is 86.3 Å². The third-order valence-corrected chi connectivity index (χ3v) is 3.73. The Balaban J connectivity index is 1.81. The number of urea groups is 1. The molecule has 9 heteroatoms. The fraction of sp³-hybridized carbons (Fsp3) is 0.471. The monoisotopic (exact) mass is 365 g/mol. The molecule has 2 N–H and O–H groups in total. The molecule has 0 bridgehead atoms. The van der Waals surface area contributed by atoms with Crippen molar-refractivity contribution in [3.8, 4) is 5.75 Å². The number of hydrogen-bond donors (Lipinski definition) is 2. The number of aliphatic imine (C=N–C) groups is 1. The Hall–Kier alpha value is -2.84. The van der Waals surface area contributed by atoms with E-state index in [-0.39, 0.29) is 30.8 Å². The third-order valence-electron chi connectivity index (χ3n) is 3.73. The molecule has 0 saturated carbocycles. The zero-order valence-electron chi connectivity index (χ0n) is 15.0. The molecule has 0 aromatic heterocycles. The maximum atomic E-state index is 12.9. The van der Waals surface area contributed by atoms with Crippen LogP contribution in [0.5, 0.6) is 5.75 Å². The van der Waals surface area contributed by atoms with Gasteiger partial charge < -0.3 is 20.3 Å². The van der Waals surface area contributed by atoms with E-state index in [0.717, 1.165) is 4.90 Å². The number of amides is 3. The van der Waals surface area contributed by atoms with E-state index in [4.69, 9.17) is 4.74 Å². The number of likely N-dealkylation sites (N-methyl/N-ethyl adjacent to an activating group) is 1. The smallest absolute Gasteiger partial charge is 0.324 e. The number of carbonyl (C=O) groups is 2. The maximum Gasteiger partial charge on any atom is 0.324 e. The summed E-state index contributed by atoms with van der Waals surface area (Å²) in [4.78, 5) is 30.5. The second-order valence-corrected chi connectivity index (χ2v) is 5.66. The van der Waals surface area contributed by atoms with E-state index in [1.54, 1.807) is 12.1 Å². The Morgan fingerprint density at radius 1 is 1.38 bits per heavy atom. The van der Waals surface area contributed by atoms with Gasteiger partial charge in [-0.05, 0) is 31.2 Å². The molecular weight excluding hydrogens is 341 g/mol. The molecule has 0 spiro atoms. The Bertz CT molecular complexity index is 634. The van der Waals surface area contributed by atoms with E-state index in [1.165, 1.54) is 12.1 Å². The lowest BCUT2D eigenvalue weighted by atomic mass is 10.3. The highest BCUT2D eigenvalue weighted by atomic mass is 19.1. The van der Waals surface area contributed by atoms with Crippen LogP contribution in [0.15, 0.2) is 29.3 Å². The van der Waals surface area contributed by atoms with Gasteiger partial charge in [-0.25, -0.2) is 9.18 Å². The summed E-state index contributed by atoms with van der Waals surface area (Å²) in [6, 6.07) is 5.47. The minimum atomic E-state index is -0.378. The standard InChI is InChI=1S/C17H24FN5O3/c1-3-19-16(20-8-9-23-15(24)12-21-17(23)25)22(2)10-11-26-14-6-4-13(18)5-7-14/h4-7H,3,8-12H2,1-2H3,(H,19,20)(H,21,25). The number of ether oxygens (including phenoxy) is 1. The Morgan fingerprint density at radius 3 is 2.73 bits per heavy atom. The predicted octanol–water partition coefficient (Wildman–Crippen LogP) is 0.654. The van der Waals surface area contributed by atoms with Crippen LogP contribution in [0, 0.1) is 5.82 Å². The average Bonchev–Trinajstić information content (AvgIpc) is 2.94. The van der Waals surface area contributed by atoms with Gasteiger partial charge in [0, 0.05) is 13.6 Å². The van der Waals surface area contributed by atoms with Crippen LogP contribution in [0.4, 0.5) is 9.18 Å².